The number of nitrogens with zero attached hydrogens (tertiary/aromatic N) is 1. The molecule has 0 radical (unpaired) electrons. The van der Waals surface area contributed by atoms with E-state index in [1.807, 2.05) is 6.92 Å². The molecule has 0 aliphatic carbocycles. The third-order valence-corrected chi connectivity index (χ3v) is 4.87. The number of carbonyl (C=O) groups is 5. The van der Waals surface area contributed by atoms with E-state index < -0.39 is 60.8 Å². The summed E-state index contributed by atoms with van der Waals surface area (Å²) in [6.45, 7) is 3.05. The van der Waals surface area contributed by atoms with Crippen molar-refractivity contribution in [2.24, 2.45) is 11.7 Å². The van der Waals surface area contributed by atoms with Gasteiger partial charge < -0.3 is 36.9 Å². The molecule has 32 heavy (non-hydrogen) atoms. The van der Waals surface area contributed by atoms with Crippen molar-refractivity contribution < 1.29 is 34.2 Å². The minimum atomic E-state index is -1.27. The maximum absolute atomic E-state index is 12.5. The van der Waals surface area contributed by atoms with Crippen molar-refractivity contribution in [3.63, 3.8) is 0 Å². The van der Waals surface area contributed by atoms with Gasteiger partial charge in [0.1, 0.15) is 12.1 Å². The van der Waals surface area contributed by atoms with Gasteiger partial charge in [-0.25, -0.2) is 9.78 Å². The van der Waals surface area contributed by atoms with Crippen LogP contribution in [0.5, 0.6) is 0 Å². The first-order chi connectivity index (χ1) is 15.0. The van der Waals surface area contributed by atoms with Crippen molar-refractivity contribution >= 4 is 29.7 Å². The normalized spacial score (nSPS) is 14.5. The summed E-state index contributed by atoms with van der Waals surface area (Å²) in [6.07, 6.45) is 2.77. The van der Waals surface area contributed by atoms with Crippen molar-refractivity contribution in [1.29, 1.82) is 0 Å². The lowest BCUT2D eigenvalue weighted by atomic mass is 9.98. The number of carbonyl (C=O) groups excluding carboxylic acids is 3. The standard InChI is InChI=1S/C19H30N6O7/c1-3-10(2)16(20)18(30)25-12(4-5-15(27)28)17(29)22-8-14(26)24-13(19(31)32)6-11-7-21-9-23-11/h7,9-10,12-13,16H,3-6,8,20H2,1-2H3,(H,21,23)(H,22,29)(H,24,26)(H,25,30)(H,27,28)(H,31,32). The van der Waals surface area contributed by atoms with Gasteiger partial charge in [0.25, 0.3) is 0 Å². The molecule has 0 bridgehead atoms. The van der Waals surface area contributed by atoms with E-state index in [0.29, 0.717) is 12.1 Å². The van der Waals surface area contributed by atoms with E-state index in [0.717, 1.165) is 0 Å². The van der Waals surface area contributed by atoms with Crippen LogP contribution in [-0.4, -0.2) is 74.5 Å². The third kappa shape index (κ3) is 9.12. The number of aliphatic carboxylic acids is 2. The van der Waals surface area contributed by atoms with Crippen molar-refractivity contribution in [1.82, 2.24) is 25.9 Å². The number of hydrogen-bond donors (Lipinski definition) is 7. The smallest absolute Gasteiger partial charge is 0.326 e. The lowest BCUT2D eigenvalue weighted by molar-refractivity contribution is -0.141. The van der Waals surface area contributed by atoms with E-state index in [1.165, 1.54) is 12.5 Å². The topological polar surface area (TPSA) is 217 Å². The summed E-state index contributed by atoms with van der Waals surface area (Å²) in [5.41, 5.74) is 6.35. The fraction of sp³-hybridized carbons (Fsp3) is 0.579. The number of nitrogens with two attached hydrogens (primary N) is 1. The Balaban J connectivity index is 2.68. The van der Waals surface area contributed by atoms with E-state index in [-0.39, 0.29) is 18.8 Å². The summed E-state index contributed by atoms with van der Waals surface area (Å²) < 4.78 is 0. The summed E-state index contributed by atoms with van der Waals surface area (Å²) in [4.78, 5) is 65.6. The molecule has 1 rings (SSSR count). The molecule has 4 unspecified atom stereocenters. The number of H-pyrrole nitrogens is 1. The van der Waals surface area contributed by atoms with E-state index in [4.69, 9.17) is 10.8 Å². The quantitative estimate of drug-likeness (QED) is 0.171. The number of aromatic amines is 1. The van der Waals surface area contributed by atoms with E-state index in [1.54, 1.807) is 6.92 Å². The van der Waals surface area contributed by atoms with Crippen LogP contribution in [-0.2, 0) is 30.4 Å². The molecule has 0 spiro atoms. The number of carboxylic acids is 2. The summed E-state index contributed by atoms with van der Waals surface area (Å²) >= 11 is 0. The largest absolute Gasteiger partial charge is 0.481 e. The number of rotatable bonds is 14. The van der Waals surface area contributed by atoms with Crippen LogP contribution in [0.2, 0.25) is 0 Å². The van der Waals surface area contributed by atoms with Gasteiger partial charge in [-0.05, 0) is 12.3 Å². The summed E-state index contributed by atoms with van der Waals surface area (Å²) in [5.74, 6) is -4.77. The van der Waals surface area contributed by atoms with Crippen LogP contribution in [0.15, 0.2) is 12.5 Å². The van der Waals surface area contributed by atoms with Crippen LogP contribution >= 0.6 is 0 Å². The Morgan fingerprint density at radius 1 is 1.12 bits per heavy atom. The van der Waals surface area contributed by atoms with Crippen LogP contribution in [0, 0.1) is 5.92 Å². The second-order valence-corrected chi connectivity index (χ2v) is 7.36. The molecular formula is C19H30N6O7. The Morgan fingerprint density at radius 3 is 2.34 bits per heavy atom. The lowest BCUT2D eigenvalue weighted by Gasteiger charge is -2.23. The van der Waals surface area contributed by atoms with Gasteiger partial charge in [-0.2, -0.15) is 0 Å². The van der Waals surface area contributed by atoms with E-state index in [2.05, 4.69) is 25.9 Å². The molecule has 0 saturated heterocycles. The van der Waals surface area contributed by atoms with E-state index in [9.17, 15) is 29.1 Å². The Morgan fingerprint density at radius 2 is 1.81 bits per heavy atom. The molecule has 1 heterocycles. The molecule has 0 fully saturated rings. The first-order valence-corrected chi connectivity index (χ1v) is 10.1. The number of nitrogens with one attached hydrogen (secondary N) is 4. The Bertz CT molecular complexity index is 798. The highest BCUT2D eigenvalue weighted by atomic mass is 16.4. The minimum Gasteiger partial charge on any atom is -0.481 e. The highest BCUT2D eigenvalue weighted by Crippen LogP contribution is 2.07. The van der Waals surface area contributed by atoms with Crippen LogP contribution < -0.4 is 21.7 Å². The van der Waals surface area contributed by atoms with Gasteiger partial charge in [0.15, 0.2) is 0 Å². The number of carboxylic acid groups (broad SMARTS) is 2. The minimum absolute atomic E-state index is 0.0419. The van der Waals surface area contributed by atoms with E-state index >= 15 is 0 Å². The second-order valence-electron chi connectivity index (χ2n) is 7.36. The second kappa shape index (κ2) is 13.0. The van der Waals surface area contributed by atoms with Gasteiger partial charge in [-0.1, -0.05) is 20.3 Å². The highest BCUT2D eigenvalue weighted by Gasteiger charge is 2.27. The van der Waals surface area contributed by atoms with Crippen LogP contribution in [0.3, 0.4) is 0 Å². The first kappa shape index (κ1) is 26.6. The third-order valence-electron chi connectivity index (χ3n) is 4.87. The molecular weight excluding hydrogens is 424 g/mol. The predicted molar refractivity (Wildman–Crippen MR) is 111 cm³/mol. The molecule has 4 atom stereocenters. The zero-order chi connectivity index (χ0) is 24.3. The number of imidazole rings is 1. The van der Waals surface area contributed by atoms with Crippen LogP contribution in [0.1, 0.15) is 38.8 Å². The molecule has 0 saturated carbocycles. The van der Waals surface area contributed by atoms with Gasteiger partial charge >= 0.3 is 11.9 Å². The Labute approximate surface area is 184 Å². The molecule has 3 amide bonds. The van der Waals surface area contributed by atoms with Gasteiger partial charge in [-0.15, -0.1) is 0 Å². The number of hydrogen-bond acceptors (Lipinski definition) is 7. The molecule has 1 aromatic rings. The molecule has 0 aliphatic rings. The van der Waals surface area contributed by atoms with Crippen LogP contribution in [0.25, 0.3) is 0 Å². The molecule has 178 valence electrons. The van der Waals surface area contributed by atoms with Gasteiger partial charge in [0, 0.05) is 24.7 Å². The summed E-state index contributed by atoms with van der Waals surface area (Å²) in [5, 5.41) is 25.2. The molecule has 13 nitrogen and oxygen atoms in total. The molecule has 8 N–H and O–H groups in total. The average molecular weight is 454 g/mol. The number of amides is 3. The highest BCUT2D eigenvalue weighted by molar-refractivity contribution is 5.92. The maximum atomic E-state index is 12.5. The zero-order valence-electron chi connectivity index (χ0n) is 18.0. The predicted octanol–water partition coefficient (Wildman–Crippen LogP) is -1.64. The summed E-state index contributed by atoms with van der Waals surface area (Å²) in [7, 11) is 0. The number of aromatic nitrogens is 2. The van der Waals surface area contributed by atoms with Gasteiger partial charge in [0.2, 0.25) is 17.7 Å². The van der Waals surface area contributed by atoms with Gasteiger partial charge in [0.05, 0.1) is 18.9 Å². The van der Waals surface area contributed by atoms with Crippen molar-refractivity contribution in [3.05, 3.63) is 18.2 Å². The fourth-order valence-electron chi connectivity index (χ4n) is 2.67. The SMILES string of the molecule is CCC(C)C(N)C(=O)NC(CCC(=O)O)C(=O)NCC(=O)NC(Cc1cnc[nH]1)C(=O)O. The molecule has 13 heteroatoms. The maximum Gasteiger partial charge on any atom is 0.326 e. The zero-order valence-corrected chi connectivity index (χ0v) is 18.0. The molecule has 1 aromatic heterocycles. The first-order valence-electron chi connectivity index (χ1n) is 10.1. The van der Waals surface area contributed by atoms with Crippen molar-refractivity contribution in [3.8, 4) is 0 Å². The van der Waals surface area contributed by atoms with Crippen molar-refractivity contribution in [2.75, 3.05) is 6.54 Å². The summed E-state index contributed by atoms with van der Waals surface area (Å²) in [6, 6.07) is -3.36. The monoisotopic (exact) mass is 454 g/mol. The Kier molecular flexibility index (Phi) is 10.8. The molecule has 0 aromatic carbocycles. The van der Waals surface area contributed by atoms with Crippen molar-refractivity contribution in [2.45, 2.75) is 57.7 Å². The Hall–Kier alpha value is -3.48. The van der Waals surface area contributed by atoms with Gasteiger partial charge in [-0.3, -0.25) is 19.2 Å². The van der Waals surface area contributed by atoms with Crippen LogP contribution in [0.4, 0.5) is 0 Å². The lowest BCUT2D eigenvalue weighted by Crippen LogP contribution is -2.54. The fourth-order valence-corrected chi connectivity index (χ4v) is 2.67. The molecule has 0 aliphatic heterocycles. The average Bonchev–Trinajstić information content (AvgIpc) is 3.26.